The van der Waals surface area contributed by atoms with E-state index in [1.807, 2.05) is 24.3 Å². The van der Waals surface area contributed by atoms with Crippen LogP contribution in [0.15, 0.2) is 48.5 Å². The van der Waals surface area contributed by atoms with Gasteiger partial charge in [0.2, 0.25) is 0 Å². The fraction of sp³-hybridized carbons (Fsp3) is 0.458. The topological polar surface area (TPSA) is 33.0 Å². The van der Waals surface area contributed by atoms with E-state index in [9.17, 15) is 0 Å². The molecule has 0 saturated heterocycles. The summed E-state index contributed by atoms with van der Waals surface area (Å²) in [6.07, 6.45) is 10.2. The summed E-state index contributed by atoms with van der Waals surface area (Å²) < 4.78 is 5.78. The maximum Gasteiger partial charge on any atom is 0.0991 e. The van der Waals surface area contributed by atoms with Crippen molar-refractivity contribution >= 4 is 0 Å². The van der Waals surface area contributed by atoms with Crippen LogP contribution in [0.4, 0.5) is 0 Å². The van der Waals surface area contributed by atoms with Crippen molar-refractivity contribution in [2.75, 3.05) is 13.2 Å². The summed E-state index contributed by atoms with van der Waals surface area (Å²) in [7, 11) is 0. The molecule has 0 aliphatic rings. The van der Waals surface area contributed by atoms with Crippen LogP contribution in [0, 0.1) is 11.3 Å². The molecule has 0 saturated carbocycles. The molecule has 2 nitrogen and oxygen atoms in total. The minimum Gasteiger partial charge on any atom is -0.381 e. The molecule has 0 bridgehead atoms. The lowest BCUT2D eigenvalue weighted by Gasteiger charge is -2.06. The fourth-order valence-corrected chi connectivity index (χ4v) is 3.05. The van der Waals surface area contributed by atoms with Gasteiger partial charge in [-0.3, -0.25) is 0 Å². The molecule has 138 valence electrons. The molecule has 2 aromatic carbocycles. The Balaban J connectivity index is 1.61. The number of benzene rings is 2. The van der Waals surface area contributed by atoms with Crippen molar-refractivity contribution in [3.05, 3.63) is 59.7 Å². The van der Waals surface area contributed by atoms with Crippen LogP contribution in [0.5, 0.6) is 0 Å². The number of hydrogen-bond acceptors (Lipinski definition) is 2. The van der Waals surface area contributed by atoms with Crippen LogP contribution in [0.3, 0.4) is 0 Å². The zero-order valence-electron chi connectivity index (χ0n) is 16.0. The monoisotopic (exact) mass is 349 g/mol. The van der Waals surface area contributed by atoms with Crippen LogP contribution in [0.2, 0.25) is 0 Å². The van der Waals surface area contributed by atoms with Gasteiger partial charge in [0, 0.05) is 6.61 Å². The normalized spacial score (nSPS) is 10.6. The summed E-state index contributed by atoms with van der Waals surface area (Å²) >= 11 is 0. The number of rotatable bonds is 12. The third-order valence-corrected chi connectivity index (χ3v) is 4.73. The molecular formula is C24H31NO. The van der Waals surface area contributed by atoms with Gasteiger partial charge in [-0.05, 0) is 41.7 Å². The van der Waals surface area contributed by atoms with Gasteiger partial charge in [-0.2, -0.15) is 5.26 Å². The minimum atomic E-state index is 0.698. The number of ether oxygens (including phenoxy) is 1. The predicted molar refractivity (Wildman–Crippen MR) is 109 cm³/mol. The van der Waals surface area contributed by atoms with Crippen molar-refractivity contribution in [1.29, 1.82) is 5.26 Å². The molecule has 0 atom stereocenters. The zero-order chi connectivity index (χ0) is 18.5. The Morgan fingerprint density at radius 1 is 0.731 bits per heavy atom. The van der Waals surface area contributed by atoms with E-state index in [1.165, 1.54) is 56.1 Å². The lowest BCUT2D eigenvalue weighted by atomic mass is 10.0. The Labute approximate surface area is 158 Å². The van der Waals surface area contributed by atoms with Crippen molar-refractivity contribution in [2.24, 2.45) is 0 Å². The van der Waals surface area contributed by atoms with Crippen molar-refractivity contribution in [1.82, 2.24) is 0 Å². The fourth-order valence-electron chi connectivity index (χ4n) is 3.05. The molecule has 0 aliphatic heterocycles. The molecule has 0 amide bonds. The molecule has 0 fully saturated rings. The molecule has 0 spiro atoms. The Hall–Kier alpha value is -2.11. The van der Waals surface area contributed by atoms with Crippen LogP contribution in [-0.2, 0) is 11.2 Å². The van der Waals surface area contributed by atoms with E-state index < -0.39 is 0 Å². The van der Waals surface area contributed by atoms with Crippen LogP contribution in [0.1, 0.15) is 63.0 Å². The second-order valence-corrected chi connectivity index (χ2v) is 6.87. The van der Waals surface area contributed by atoms with Crippen LogP contribution in [-0.4, -0.2) is 13.2 Å². The highest BCUT2D eigenvalue weighted by atomic mass is 16.5. The van der Waals surface area contributed by atoms with Gasteiger partial charge < -0.3 is 4.74 Å². The number of hydrogen-bond donors (Lipinski definition) is 0. The molecule has 0 heterocycles. The van der Waals surface area contributed by atoms with Crippen molar-refractivity contribution in [2.45, 2.75) is 58.3 Å². The van der Waals surface area contributed by atoms with E-state index in [0.717, 1.165) is 25.2 Å². The summed E-state index contributed by atoms with van der Waals surface area (Å²) in [5, 5.41) is 8.87. The second kappa shape index (κ2) is 12.3. The van der Waals surface area contributed by atoms with E-state index in [2.05, 4.69) is 37.3 Å². The Bertz CT molecular complexity index is 652. The van der Waals surface area contributed by atoms with Gasteiger partial charge >= 0.3 is 0 Å². The smallest absolute Gasteiger partial charge is 0.0991 e. The van der Waals surface area contributed by atoms with E-state index in [-0.39, 0.29) is 0 Å². The summed E-state index contributed by atoms with van der Waals surface area (Å²) in [6, 6.07) is 18.5. The first-order valence-electron chi connectivity index (χ1n) is 10.0. The largest absolute Gasteiger partial charge is 0.381 e. The SMILES string of the molecule is CCCCCCCCCOCCc1ccc(-c2ccc(C#N)cc2)cc1. The molecular weight excluding hydrogens is 318 g/mol. The van der Waals surface area contributed by atoms with E-state index in [4.69, 9.17) is 10.00 Å². The maximum atomic E-state index is 8.87. The highest BCUT2D eigenvalue weighted by Gasteiger charge is 2.00. The molecule has 0 unspecified atom stereocenters. The van der Waals surface area contributed by atoms with Crippen molar-refractivity contribution < 1.29 is 4.74 Å². The Morgan fingerprint density at radius 2 is 1.31 bits per heavy atom. The first-order chi connectivity index (χ1) is 12.8. The third kappa shape index (κ3) is 7.42. The molecule has 2 rings (SSSR count). The number of nitriles is 1. The van der Waals surface area contributed by atoms with Gasteiger partial charge in [-0.25, -0.2) is 0 Å². The standard InChI is InChI=1S/C24H31NO/c1-2-3-4-5-6-7-8-18-26-19-17-21-9-13-23(14-10-21)24-15-11-22(20-25)12-16-24/h9-16H,2-8,17-19H2,1H3. The van der Waals surface area contributed by atoms with Gasteiger partial charge in [0.1, 0.15) is 0 Å². The van der Waals surface area contributed by atoms with E-state index >= 15 is 0 Å². The Morgan fingerprint density at radius 3 is 1.92 bits per heavy atom. The first-order valence-corrected chi connectivity index (χ1v) is 10.0. The average molecular weight is 350 g/mol. The molecule has 26 heavy (non-hydrogen) atoms. The first kappa shape index (κ1) is 20.2. The lowest BCUT2D eigenvalue weighted by molar-refractivity contribution is 0.133. The summed E-state index contributed by atoms with van der Waals surface area (Å²) in [4.78, 5) is 0. The van der Waals surface area contributed by atoms with Crippen LogP contribution in [0.25, 0.3) is 11.1 Å². The second-order valence-electron chi connectivity index (χ2n) is 6.87. The lowest BCUT2D eigenvalue weighted by Crippen LogP contribution is -2.00. The quantitative estimate of drug-likeness (QED) is 0.408. The van der Waals surface area contributed by atoms with Gasteiger partial charge in [0.25, 0.3) is 0 Å². The highest BCUT2D eigenvalue weighted by Crippen LogP contribution is 2.20. The van der Waals surface area contributed by atoms with Crippen LogP contribution >= 0.6 is 0 Å². The molecule has 2 heteroatoms. The average Bonchev–Trinajstić information content (AvgIpc) is 2.70. The van der Waals surface area contributed by atoms with Crippen molar-refractivity contribution in [3.8, 4) is 17.2 Å². The number of unbranched alkanes of at least 4 members (excludes halogenated alkanes) is 6. The van der Waals surface area contributed by atoms with Gasteiger partial charge in [0.05, 0.1) is 18.2 Å². The maximum absolute atomic E-state index is 8.87. The molecule has 2 aromatic rings. The van der Waals surface area contributed by atoms with Gasteiger partial charge in [0.15, 0.2) is 0 Å². The third-order valence-electron chi connectivity index (χ3n) is 4.73. The Kier molecular flexibility index (Phi) is 9.54. The van der Waals surface area contributed by atoms with E-state index in [1.54, 1.807) is 0 Å². The molecule has 0 N–H and O–H groups in total. The van der Waals surface area contributed by atoms with E-state index in [0.29, 0.717) is 5.56 Å². The minimum absolute atomic E-state index is 0.698. The summed E-state index contributed by atoms with van der Waals surface area (Å²) in [5.41, 5.74) is 4.33. The predicted octanol–water partition coefficient (Wildman–Crippen LogP) is 6.53. The van der Waals surface area contributed by atoms with Gasteiger partial charge in [-0.15, -0.1) is 0 Å². The number of nitrogens with zero attached hydrogens (tertiary/aromatic N) is 1. The molecule has 0 aromatic heterocycles. The van der Waals surface area contributed by atoms with Crippen LogP contribution < -0.4 is 0 Å². The van der Waals surface area contributed by atoms with Crippen molar-refractivity contribution in [3.63, 3.8) is 0 Å². The molecule has 0 aliphatic carbocycles. The molecule has 0 radical (unpaired) electrons. The zero-order valence-corrected chi connectivity index (χ0v) is 16.0. The summed E-state index contributed by atoms with van der Waals surface area (Å²) in [5.74, 6) is 0. The van der Waals surface area contributed by atoms with Gasteiger partial charge in [-0.1, -0.05) is 81.8 Å². The highest BCUT2D eigenvalue weighted by molar-refractivity contribution is 5.64. The summed E-state index contributed by atoms with van der Waals surface area (Å²) in [6.45, 7) is 3.94.